The molecule has 5 heteroatoms. The van der Waals surface area contributed by atoms with Crippen molar-refractivity contribution >= 4 is 33.5 Å². The van der Waals surface area contributed by atoms with E-state index in [1.54, 1.807) is 0 Å². The number of fused-ring (bicyclic) bond motifs is 1. The molecule has 0 radical (unpaired) electrons. The Balaban J connectivity index is 1.54. The third kappa shape index (κ3) is 1.72. The maximum Gasteiger partial charge on any atom is 0.310 e. The SMILES string of the molecule is O=C(Nc1ccc(Br)cc1)[C@@H]1[C@H]2C[C@H]3[C@H]1C(=O)O[C@H]3C2. The topological polar surface area (TPSA) is 55.4 Å². The molecule has 1 aromatic rings. The Bertz CT molecular complexity index is 583. The van der Waals surface area contributed by atoms with Gasteiger partial charge >= 0.3 is 5.97 Å². The van der Waals surface area contributed by atoms with Crippen LogP contribution in [0.4, 0.5) is 5.69 Å². The Kier molecular flexibility index (Phi) is 2.67. The van der Waals surface area contributed by atoms with Crippen LogP contribution in [0.1, 0.15) is 12.8 Å². The lowest BCUT2D eigenvalue weighted by Crippen LogP contribution is -2.35. The predicted octanol–water partition coefficient (Wildman–Crippen LogP) is 2.59. The van der Waals surface area contributed by atoms with Crippen molar-refractivity contribution in [3.8, 4) is 0 Å². The van der Waals surface area contributed by atoms with Crippen LogP contribution in [0, 0.1) is 23.7 Å². The van der Waals surface area contributed by atoms with Crippen LogP contribution in [0.2, 0.25) is 0 Å². The predicted molar refractivity (Wildman–Crippen MR) is 75.8 cm³/mol. The van der Waals surface area contributed by atoms with Crippen LogP contribution in [0.15, 0.2) is 28.7 Å². The maximum atomic E-state index is 12.5. The summed E-state index contributed by atoms with van der Waals surface area (Å²) in [5.74, 6) is -0.0627. The quantitative estimate of drug-likeness (QED) is 0.845. The summed E-state index contributed by atoms with van der Waals surface area (Å²) in [6.45, 7) is 0. The molecule has 3 aliphatic rings. The smallest absolute Gasteiger partial charge is 0.310 e. The summed E-state index contributed by atoms with van der Waals surface area (Å²) >= 11 is 3.36. The van der Waals surface area contributed by atoms with E-state index in [1.165, 1.54) is 0 Å². The molecule has 4 nitrogen and oxygen atoms in total. The molecule has 1 N–H and O–H groups in total. The minimum Gasteiger partial charge on any atom is -0.462 e. The zero-order valence-corrected chi connectivity index (χ0v) is 12.3. The van der Waals surface area contributed by atoms with Gasteiger partial charge in [0.05, 0.1) is 11.8 Å². The van der Waals surface area contributed by atoms with Gasteiger partial charge in [-0.2, -0.15) is 0 Å². The van der Waals surface area contributed by atoms with Crippen molar-refractivity contribution in [1.29, 1.82) is 0 Å². The Morgan fingerprint density at radius 3 is 2.75 bits per heavy atom. The van der Waals surface area contributed by atoms with Crippen molar-refractivity contribution < 1.29 is 14.3 Å². The summed E-state index contributed by atoms with van der Waals surface area (Å²) in [5, 5.41) is 2.93. The first-order chi connectivity index (χ1) is 9.63. The molecule has 1 aromatic carbocycles. The number of carbonyl (C=O) groups excluding carboxylic acids is 2. The van der Waals surface area contributed by atoms with Crippen LogP contribution < -0.4 is 5.32 Å². The van der Waals surface area contributed by atoms with Crippen LogP contribution >= 0.6 is 15.9 Å². The number of hydrogen-bond acceptors (Lipinski definition) is 3. The molecule has 0 aromatic heterocycles. The first-order valence-electron chi connectivity index (χ1n) is 6.90. The first-order valence-corrected chi connectivity index (χ1v) is 7.70. The summed E-state index contributed by atoms with van der Waals surface area (Å²) in [5.41, 5.74) is 0.767. The molecule has 1 amide bonds. The van der Waals surface area contributed by atoms with Gasteiger partial charge in [0, 0.05) is 16.1 Å². The van der Waals surface area contributed by atoms with E-state index >= 15 is 0 Å². The number of carbonyl (C=O) groups is 2. The molecule has 5 atom stereocenters. The first kappa shape index (κ1) is 12.4. The molecular weight excluding hydrogens is 322 g/mol. The Hall–Kier alpha value is -1.36. The number of benzene rings is 1. The minimum absolute atomic E-state index is 0.0397. The van der Waals surface area contributed by atoms with Crippen molar-refractivity contribution in [3.05, 3.63) is 28.7 Å². The molecule has 0 spiro atoms. The number of halogens is 1. The van der Waals surface area contributed by atoms with Crippen LogP contribution in [0.25, 0.3) is 0 Å². The molecule has 1 heterocycles. The van der Waals surface area contributed by atoms with E-state index < -0.39 is 0 Å². The normalized spacial score (nSPS) is 37.0. The average Bonchev–Trinajstić information content (AvgIpc) is 3.02. The third-order valence-corrected chi connectivity index (χ3v) is 5.43. The molecule has 0 unspecified atom stereocenters. The van der Waals surface area contributed by atoms with Crippen LogP contribution in [-0.4, -0.2) is 18.0 Å². The van der Waals surface area contributed by atoms with Crippen molar-refractivity contribution in [2.45, 2.75) is 18.9 Å². The number of amides is 1. The standard InChI is InChI=1S/C15H14BrNO3/c16-8-1-3-9(4-2-8)17-14(18)12-7-5-10-11(6-7)20-15(19)13(10)12/h1-4,7,10-13H,5-6H2,(H,17,18)/t7-,10+,11-,12+,13+/m0/s1. The lowest BCUT2D eigenvalue weighted by Gasteiger charge is -2.23. The highest BCUT2D eigenvalue weighted by molar-refractivity contribution is 9.10. The fourth-order valence-electron chi connectivity index (χ4n) is 4.12. The van der Waals surface area contributed by atoms with Gasteiger partial charge in [0.2, 0.25) is 5.91 Å². The molecule has 2 bridgehead atoms. The van der Waals surface area contributed by atoms with E-state index in [9.17, 15) is 9.59 Å². The number of nitrogens with one attached hydrogen (secondary N) is 1. The number of rotatable bonds is 2. The van der Waals surface area contributed by atoms with Gasteiger partial charge in [0.15, 0.2) is 0 Å². The van der Waals surface area contributed by atoms with Crippen LogP contribution in [-0.2, 0) is 14.3 Å². The number of esters is 1. The van der Waals surface area contributed by atoms with Crippen LogP contribution in [0.5, 0.6) is 0 Å². The molecule has 2 saturated carbocycles. The van der Waals surface area contributed by atoms with Crippen molar-refractivity contribution in [3.63, 3.8) is 0 Å². The number of anilines is 1. The van der Waals surface area contributed by atoms with Crippen molar-refractivity contribution in [1.82, 2.24) is 0 Å². The molecule has 3 fully saturated rings. The highest BCUT2D eigenvalue weighted by Crippen LogP contribution is 2.57. The average molecular weight is 336 g/mol. The van der Waals surface area contributed by atoms with Crippen molar-refractivity contribution in [2.75, 3.05) is 5.32 Å². The lowest BCUT2D eigenvalue weighted by molar-refractivity contribution is -0.145. The second kappa shape index (κ2) is 4.32. The fraction of sp³-hybridized carbons (Fsp3) is 0.467. The number of hydrogen-bond donors (Lipinski definition) is 1. The van der Waals surface area contributed by atoms with Crippen LogP contribution in [0.3, 0.4) is 0 Å². The van der Waals surface area contributed by atoms with E-state index in [-0.39, 0.29) is 35.7 Å². The van der Waals surface area contributed by atoms with Gasteiger partial charge < -0.3 is 10.1 Å². The molecule has 1 saturated heterocycles. The Morgan fingerprint density at radius 2 is 2.00 bits per heavy atom. The van der Waals surface area contributed by atoms with Gasteiger partial charge in [0.25, 0.3) is 0 Å². The summed E-state index contributed by atoms with van der Waals surface area (Å²) in [7, 11) is 0. The highest BCUT2D eigenvalue weighted by atomic mass is 79.9. The van der Waals surface area contributed by atoms with Gasteiger partial charge in [-0.3, -0.25) is 9.59 Å². The highest BCUT2D eigenvalue weighted by Gasteiger charge is 2.63. The van der Waals surface area contributed by atoms with Gasteiger partial charge in [-0.05, 0) is 43.0 Å². The zero-order chi connectivity index (χ0) is 13.9. The minimum atomic E-state index is -0.214. The van der Waals surface area contributed by atoms with Gasteiger partial charge in [0.1, 0.15) is 6.10 Å². The van der Waals surface area contributed by atoms with E-state index in [4.69, 9.17) is 4.74 Å². The van der Waals surface area contributed by atoms with E-state index in [0.29, 0.717) is 5.92 Å². The van der Waals surface area contributed by atoms with E-state index in [2.05, 4.69) is 21.2 Å². The summed E-state index contributed by atoms with van der Waals surface area (Å²) < 4.78 is 6.33. The molecule has 2 aliphatic carbocycles. The van der Waals surface area contributed by atoms with Gasteiger partial charge in [-0.15, -0.1) is 0 Å². The number of ether oxygens (including phenoxy) is 1. The second-order valence-electron chi connectivity index (χ2n) is 5.92. The van der Waals surface area contributed by atoms with Gasteiger partial charge in [-0.1, -0.05) is 15.9 Å². The second-order valence-corrected chi connectivity index (χ2v) is 6.83. The maximum absolute atomic E-state index is 12.5. The summed E-state index contributed by atoms with van der Waals surface area (Å²) in [6.07, 6.45) is 1.89. The molecule has 20 heavy (non-hydrogen) atoms. The lowest BCUT2D eigenvalue weighted by atomic mass is 9.79. The third-order valence-electron chi connectivity index (χ3n) is 4.90. The molecular formula is C15H14BrNO3. The molecule has 1 aliphatic heterocycles. The largest absolute Gasteiger partial charge is 0.462 e. The van der Waals surface area contributed by atoms with Crippen molar-refractivity contribution in [2.24, 2.45) is 23.7 Å². The fourth-order valence-corrected chi connectivity index (χ4v) is 4.39. The van der Waals surface area contributed by atoms with Gasteiger partial charge in [-0.25, -0.2) is 0 Å². The monoisotopic (exact) mass is 335 g/mol. The molecule has 104 valence electrons. The zero-order valence-electron chi connectivity index (χ0n) is 10.7. The Labute approximate surface area is 125 Å². The van der Waals surface area contributed by atoms with E-state index in [1.807, 2.05) is 24.3 Å². The summed E-state index contributed by atoms with van der Waals surface area (Å²) in [4.78, 5) is 24.4. The Morgan fingerprint density at radius 1 is 1.25 bits per heavy atom. The van der Waals surface area contributed by atoms with E-state index in [0.717, 1.165) is 23.0 Å². The molecule has 4 rings (SSSR count). The summed E-state index contributed by atoms with van der Waals surface area (Å²) in [6, 6.07) is 7.47.